The number of hydrogen-bond acceptors (Lipinski definition) is 5. The van der Waals surface area contributed by atoms with Crippen molar-refractivity contribution in [2.45, 2.75) is 37.5 Å². The second-order valence-electron chi connectivity index (χ2n) is 7.31. The van der Waals surface area contributed by atoms with E-state index in [2.05, 4.69) is 10.1 Å². The summed E-state index contributed by atoms with van der Waals surface area (Å²) >= 11 is 0. The summed E-state index contributed by atoms with van der Waals surface area (Å²) in [5.41, 5.74) is 11.4. The Bertz CT molecular complexity index is 914. The number of nitrogens with zero attached hydrogens (tertiary/aromatic N) is 4. The molecule has 2 aromatic rings. The zero-order valence-electron chi connectivity index (χ0n) is 14.6. The van der Waals surface area contributed by atoms with E-state index in [9.17, 15) is 18.0 Å². The van der Waals surface area contributed by atoms with Gasteiger partial charge in [0, 0.05) is 42.5 Å². The van der Waals surface area contributed by atoms with Gasteiger partial charge in [0.25, 0.3) is 0 Å². The van der Waals surface area contributed by atoms with Crippen molar-refractivity contribution in [2.24, 2.45) is 5.73 Å². The largest absolute Gasteiger partial charge is 0.419 e. The van der Waals surface area contributed by atoms with Gasteiger partial charge in [0.1, 0.15) is 5.82 Å². The molecule has 1 spiro atoms. The molecule has 0 aromatic carbocycles. The Hall–Kier alpha value is -2.62. The number of carbonyl (C=O) groups excluding carboxylic acids is 1. The van der Waals surface area contributed by atoms with E-state index < -0.39 is 23.6 Å². The summed E-state index contributed by atoms with van der Waals surface area (Å²) in [4.78, 5) is 17.4. The summed E-state index contributed by atoms with van der Waals surface area (Å²) in [5, 5.41) is 4.44. The number of aryl methyl sites for hydroxylation is 1. The minimum Gasteiger partial charge on any atom is -0.383 e. The average Bonchev–Trinajstić information content (AvgIpc) is 3.11. The van der Waals surface area contributed by atoms with Gasteiger partial charge >= 0.3 is 6.18 Å². The molecule has 1 fully saturated rings. The summed E-state index contributed by atoms with van der Waals surface area (Å²) in [6.45, 7) is 3.40. The molecule has 7 nitrogen and oxygen atoms in total. The van der Waals surface area contributed by atoms with E-state index in [4.69, 9.17) is 11.5 Å². The fourth-order valence-corrected chi connectivity index (χ4v) is 3.89. The van der Waals surface area contributed by atoms with Crippen LogP contribution < -0.4 is 11.5 Å². The number of hydrogen-bond donors (Lipinski definition) is 2. The van der Waals surface area contributed by atoms with Crippen molar-refractivity contribution in [3.63, 3.8) is 0 Å². The highest BCUT2D eigenvalue weighted by Gasteiger charge is 2.51. The van der Waals surface area contributed by atoms with Crippen LogP contribution in [0.2, 0.25) is 0 Å². The molecule has 0 unspecified atom stereocenters. The fraction of sp³-hybridized carbons (Fsp3) is 0.471. The van der Waals surface area contributed by atoms with Crippen LogP contribution in [0.3, 0.4) is 0 Å². The van der Waals surface area contributed by atoms with E-state index in [0.717, 1.165) is 18.2 Å². The number of rotatable bonds is 2. The number of anilines is 1. The van der Waals surface area contributed by atoms with Crippen molar-refractivity contribution in [1.82, 2.24) is 19.7 Å². The quantitative estimate of drug-likeness (QED) is 0.819. The van der Waals surface area contributed by atoms with Crippen LogP contribution in [-0.2, 0) is 22.9 Å². The Morgan fingerprint density at radius 1 is 1.33 bits per heavy atom. The summed E-state index contributed by atoms with van der Waals surface area (Å²) in [6.07, 6.45) is -2.45. The van der Waals surface area contributed by atoms with Crippen molar-refractivity contribution in [1.29, 1.82) is 0 Å². The smallest absolute Gasteiger partial charge is 0.383 e. The lowest BCUT2D eigenvalue weighted by Crippen LogP contribution is -2.62. The molecule has 0 radical (unpaired) electrons. The van der Waals surface area contributed by atoms with Gasteiger partial charge in [-0.05, 0) is 25.5 Å². The molecule has 1 amide bonds. The van der Waals surface area contributed by atoms with E-state index in [0.29, 0.717) is 25.3 Å². The number of halogens is 3. The molecule has 2 aliphatic heterocycles. The molecule has 2 aromatic heterocycles. The lowest BCUT2D eigenvalue weighted by molar-refractivity contribution is -0.140. The molecule has 1 saturated heterocycles. The van der Waals surface area contributed by atoms with Crippen LogP contribution in [0.1, 0.15) is 24.6 Å². The SMILES string of the molecule is C[C@H](N)C(=O)N1CC2(CCn3nc(-c4cnc(N)c(C(F)(F)F)c4)cc32)C1. The topological polar surface area (TPSA) is 103 Å². The molecular formula is C17H19F3N6O. The summed E-state index contributed by atoms with van der Waals surface area (Å²) < 4.78 is 41.0. The first-order chi connectivity index (χ1) is 12.6. The predicted molar refractivity (Wildman–Crippen MR) is 91.4 cm³/mol. The maximum atomic E-state index is 13.1. The number of pyridine rings is 1. The van der Waals surface area contributed by atoms with E-state index in [1.165, 1.54) is 6.20 Å². The number of fused-ring (bicyclic) bond motifs is 2. The lowest BCUT2D eigenvalue weighted by Gasteiger charge is -2.48. The van der Waals surface area contributed by atoms with Crippen LogP contribution >= 0.6 is 0 Å². The fourth-order valence-electron chi connectivity index (χ4n) is 3.89. The number of nitrogens with two attached hydrogens (primary N) is 2. The molecule has 10 heteroatoms. The highest BCUT2D eigenvalue weighted by molar-refractivity contribution is 5.82. The number of likely N-dealkylation sites (tertiary alicyclic amines) is 1. The molecule has 144 valence electrons. The first kappa shape index (κ1) is 17.8. The minimum absolute atomic E-state index is 0.101. The van der Waals surface area contributed by atoms with Gasteiger partial charge in [0.2, 0.25) is 5.91 Å². The second-order valence-corrected chi connectivity index (χ2v) is 7.31. The average molecular weight is 380 g/mol. The van der Waals surface area contributed by atoms with E-state index in [1.807, 2.05) is 0 Å². The maximum Gasteiger partial charge on any atom is 0.419 e. The van der Waals surface area contributed by atoms with Gasteiger partial charge < -0.3 is 16.4 Å². The Morgan fingerprint density at radius 2 is 2.04 bits per heavy atom. The highest BCUT2D eigenvalue weighted by Crippen LogP contribution is 2.44. The van der Waals surface area contributed by atoms with Gasteiger partial charge in [0.05, 0.1) is 17.3 Å². The molecule has 1 atom stereocenters. The number of nitrogen functional groups attached to an aromatic ring is 1. The molecule has 0 aliphatic carbocycles. The van der Waals surface area contributed by atoms with Gasteiger partial charge in [-0.3, -0.25) is 9.48 Å². The Labute approximate surface area is 153 Å². The first-order valence-corrected chi connectivity index (χ1v) is 8.56. The summed E-state index contributed by atoms with van der Waals surface area (Å²) in [5.74, 6) is -0.658. The van der Waals surface area contributed by atoms with Crippen LogP contribution in [0.25, 0.3) is 11.3 Å². The lowest BCUT2D eigenvalue weighted by atomic mass is 9.75. The van der Waals surface area contributed by atoms with Crippen LogP contribution in [0.15, 0.2) is 18.3 Å². The standard InChI is InChI=1S/C17H19F3N6O/c1-9(21)15(27)25-7-16(8-25)2-3-26-13(16)5-12(24-26)10-4-11(17(18,19)20)14(22)23-6-10/h4-6,9H,2-3,7-8,21H2,1H3,(H2,22,23)/t9-/m0/s1. The number of carbonyl (C=O) groups is 1. The minimum atomic E-state index is -4.58. The molecule has 0 saturated carbocycles. The highest BCUT2D eigenvalue weighted by atomic mass is 19.4. The summed E-state index contributed by atoms with van der Waals surface area (Å²) in [7, 11) is 0. The third-order valence-corrected chi connectivity index (χ3v) is 5.33. The molecular weight excluding hydrogens is 361 g/mol. The van der Waals surface area contributed by atoms with Crippen LogP contribution in [0.5, 0.6) is 0 Å². The Kier molecular flexibility index (Phi) is 3.74. The van der Waals surface area contributed by atoms with E-state index >= 15 is 0 Å². The third kappa shape index (κ3) is 2.75. The van der Waals surface area contributed by atoms with Gasteiger partial charge in [-0.2, -0.15) is 18.3 Å². The van der Waals surface area contributed by atoms with E-state index in [1.54, 1.807) is 22.6 Å². The second kappa shape index (κ2) is 5.69. The van der Waals surface area contributed by atoms with Crippen molar-refractivity contribution >= 4 is 11.7 Å². The van der Waals surface area contributed by atoms with Crippen molar-refractivity contribution in [2.75, 3.05) is 18.8 Å². The maximum absolute atomic E-state index is 13.1. The molecule has 27 heavy (non-hydrogen) atoms. The third-order valence-electron chi connectivity index (χ3n) is 5.33. The molecule has 4 N–H and O–H groups in total. The first-order valence-electron chi connectivity index (χ1n) is 8.56. The van der Waals surface area contributed by atoms with Gasteiger partial charge in [-0.1, -0.05) is 0 Å². The van der Waals surface area contributed by atoms with Crippen molar-refractivity contribution in [3.8, 4) is 11.3 Å². The predicted octanol–water partition coefficient (Wildman–Crippen LogP) is 1.38. The zero-order valence-corrected chi connectivity index (χ0v) is 14.6. The van der Waals surface area contributed by atoms with Crippen molar-refractivity contribution in [3.05, 3.63) is 29.6 Å². The normalized spacial score (nSPS) is 19.1. The van der Waals surface area contributed by atoms with Crippen LogP contribution in [0.4, 0.5) is 19.0 Å². The molecule has 0 bridgehead atoms. The Morgan fingerprint density at radius 3 is 2.67 bits per heavy atom. The monoisotopic (exact) mass is 380 g/mol. The molecule has 4 heterocycles. The van der Waals surface area contributed by atoms with Gasteiger partial charge in [0.15, 0.2) is 0 Å². The van der Waals surface area contributed by atoms with Gasteiger partial charge in [-0.15, -0.1) is 0 Å². The molecule has 4 rings (SSSR count). The zero-order chi connectivity index (χ0) is 19.6. The van der Waals surface area contributed by atoms with Crippen molar-refractivity contribution < 1.29 is 18.0 Å². The molecule has 2 aliphatic rings. The number of amides is 1. The van der Waals surface area contributed by atoms with Crippen LogP contribution in [0, 0.1) is 0 Å². The van der Waals surface area contributed by atoms with Gasteiger partial charge in [-0.25, -0.2) is 4.98 Å². The summed E-state index contributed by atoms with van der Waals surface area (Å²) in [6, 6.07) is 2.21. The number of aromatic nitrogens is 3. The number of alkyl halides is 3. The van der Waals surface area contributed by atoms with E-state index in [-0.39, 0.29) is 16.9 Å². The Balaban J connectivity index is 1.63. The van der Waals surface area contributed by atoms with Crippen LogP contribution in [-0.4, -0.2) is 44.7 Å².